The zero-order valence-corrected chi connectivity index (χ0v) is 13.2. The SMILES string of the molecule is CCC1(C2(C3CCCCC3)CCCC2)CCCCC1. The minimum atomic E-state index is 0.754. The van der Waals surface area contributed by atoms with Gasteiger partial charge in [-0.3, -0.25) is 0 Å². The summed E-state index contributed by atoms with van der Waals surface area (Å²) < 4.78 is 0. The molecule has 0 bridgehead atoms. The molecule has 0 aliphatic heterocycles. The molecule has 0 atom stereocenters. The average Bonchev–Trinajstić information content (AvgIpc) is 3.00. The summed E-state index contributed by atoms with van der Waals surface area (Å²) in [6.07, 6.45) is 23.2. The highest BCUT2D eigenvalue weighted by Crippen LogP contribution is 2.65. The second-order valence-electron chi connectivity index (χ2n) is 7.89. The Morgan fingerprint density at radius 2 is 1.21 bits per heavy atom. The maximum Gasteiger partial charge on any atom is -0.0213 e. The van der Waals surface area contributed by atoms with Gasteiger partial charge in [0.1, 0.15) is 0 Å². The summed E-state index contributed by atoms with van der Waals surface area (Å²) in [4.78, 5) is 0. The van der Waals surface area contributed by atoms with Crippen LogP contribution in [0.4, 0.5) is 0 Å². The third-order valence-corrected chi connectivity index (χ3v) is 7.43. The molecule has 0 heteroatoms. The number of hydrogen-bond donors (Lipinski definition) is 0. The van der Waals surface area contributed by atoms with Crippen molar-refractivity contribution in [3.05, 3.63) is 0 Å². The van der Waals surface area contributed by atoms with Crippen LogP contribution in [0.25, 0.3) is 0 Å². The van der Waals surface area contributed by atoms with Crippen molar-refractivity contribution in [1.29, 1.82) is 0 Å². The third kappa shape index (κ3) is 2.28. The van der Waals surface area contributed by atoms with Gasteiger partial charge in [0, 0.05) is 0 Å². The highest BCUT2D eigenvalue weighted by Gasteiger charge is 2.54. The largest absolute Gasteiger partial charge is 0.0648 e. The first-order valence-corrected chi connectivity index (χ1v) is 9.33. The normalized spacial score (nSPS) is 31.4. The Labute approximate surface area is 120 Å². The van der Waals surface area contributed by atoms with Gasteiger partial charge >= 0.3 is 0 Å². The molecular formula is C19H34. The zero-order valence-electron chi connectivity index (χ0n) is 13.2. The summed E-state index contributed by atoms with van der Waals surface area (Å²) in [7, 11) is 0. The van der Waals surface area contributed by atoms with Gasteiger partial charge in [0.05, 0.1) is 0 Å². The second-order valence-corrected chi connectivity index (χ2v) is 7.89. The second kappa shape index (κ2) is 5.78. The fourth-order valence-electron chi connectivity index (χ4n) is 6.46. The monoisotopic (exact) mass is 262 g/mol. The van der Waals surface area contributed by atoms with E-state index in [4.69, 9.17) is 0 Å². The van der Waals surface area contributed by atoms with Crippen LogP contribution < -0.4 is 0 Å². The van der Waals surface area contributed by atoms with Gasteiger partial charge in [0.2, 0.25) is 0 Å². The molecule has 0 amide bonds. The first-order chi connectivity index (χ1) is 9.33. The van der Waals surface area contributed by atoms with Crippen molar-refractivity contribution < 1.29 is 0 Å². The molecule has 3 aliphatic rings. The summed E-state index contributed by atoms with van der Waals surface area (Å²) in [5.74, 6) is 1.10. The molecule has 0 N–H and O–H groups in total. The Kier molecular flexibility index (Phi) is 4.25. The Morgan fingerprint density at radius 3 is 1.79 bits per heavy atom. The quantitative estimate of drug-likeness (QED) is 0.545. The van der Waals surface area contributed by atoms with Gasteiger partial charge in [-0.25, -0.2) is 0 Å². The molecule has 3 fully saturated rings. The lowest BCUT2D eigenvalue weighted by molar-refractivity contribution is -0.0635. The van der Waals surface area contributed by atoms with E-state index in [1.54, 1.807) is 38.5 Å². The Balaban J connectivity index is 1.89. The van der Waals surface area contributed by atoms with Gasteiger partial charge in [-0.05, 0) is 61.7 Å². The van der Waals surface area contributed by atoms with Crippen LogP contribution in [0.1, 0.15) is 103 Å². The smallest absolute Gasteiger partial charge is 0.0213 e. The van der Waals surface area contributed by atoms with E-state index in [1.807, 2.05) is 0 Å². The van der Waals surface area contributed by atoms with Crippen LogP contribution in [-0.4, -0.2) is 0 Å². The van der Waals surface area contributed by atoms with E-state index >= 15 is 0 Å². The lowest BCUT2D eigenvalue weighted by Crippen LogP contribution is -2.47. The standard InChI is InChI=1S/C19H34/c1-2-18(13-7-4-8-14-18)19(15-9-10-16-19)17-11-5-3-6-12-17/h17H,2-16H2,1H3. The molecule has 0 aromatic rings. The van der Waals surface area contributed by atoms with Gasteiger partial charge in [-0.1, -0.05) is 58.3 Å². The van der Waals surface area contributed by atoms with E-state index in [1.165, 1.54) is 57.8 Å². The summed E-state index contributed by atoms with van der Waals surface area (Å²) >= 11 is 0. The lowest BCUT2D eigenvalue weighted by atomic mass is 9.49. The molecule has 0 radical (unpaired) electrons. The van der Waals surface area contributed by atoms with Crippen molar-refractivity contribution >= 4 is 0 Å². The average molecular weight is 262 g/mol. The molecule has 0 saturated heterocycles. The van der Waals surface area contributed by atoms with E-state index in [2.05, 4.69) is 6.92 Å². The zero-order chi connectivity index (χ0) is 13.2. The molecule has 0 aromatic carbocycles. The number of hydrogen-bond acceptors (Lipinski definition) is 0. The maximum absolute atomic E-state index is 2.52. The Hall–Kier alpha value is 0. The van der Waals surface area contributed by atoms with Crippen LogP contribution in [0.5, 0.6) is 0 Å². The van der Waals surface area contributed by atoms with Crippen LogP contribution in [0.3, 0.4) is 0 Å². The van der Waals surface area contributed by atoms with Gasteiger partial charge in [-0.15, -0.1) is 0 Å². The predicted molar refractivity (Wildman–Crippen MR) is 83.3 cm³/mol. The van der Waals surface area contributed by atoms with Crippen LogP contribution in [0, 0.1) is 16.7 Å². The van der Waals surface area contributed by atoms with E-state index in [0.717, 1.165) is 16.7 Å². The Morgan fingerprint density at radius 1 is 0.684 bits per heavy atom. The van der Waals surface area contributed by atoms with Crippen molar-refractivity contribution in [1.82, 2.24) is 0 Å². The predicted octanol–water partition coefficient (Wildman–Crippen LogP) is 6.49. The van der Waals surface area contributed by atoms with Crippen LogP contribution in [0.15, 0.2) is 0 Å². The highest BCUT2D eigenvalue weighted by atomic mass is 14.6. The summed E-state index contributed by atoms with van der Waals surface area (Å²) in [5, 5.41) is 0. The van der Waals surface area contributed by atoms with E-state index < -0.39 is 0 Å². The molecule has 3 aliphatic carbocycles. The van der Waals surface area contributed by atoms with Crippen molar-refractivity contribution in [2.24, 2.45) is 16.7 Å². The van der Waals surface area contributed by atoms with Crippen LogP contribution >= 0.6 is 0 Å². The third-order valence-electron chi connectivity index (χ3n) is 7.43. The van der Waals surface area contributed by atoms with Crippen molar-refractivity contribution in [3.63, 3.8) is 0 Å². The maximum atomic E-state index is 2.52. The van der Waals surface area contributed by atoms with E-state index in [0.29, 0.717) is 0 Å². The summed E-state index contributed by atoms with van der Waals surface area (Å²) in [6, 6.07) is 0. The van der Waals surface area contributed by atoms with E-state index in [9.17, 15) is 0 Å². The minimum absolute atomic E-state index is 0.754. The van der Waals surface area contributed by atoms with Crippen molar-refractivity contribution in [2.45, 2.75) is 103 Å². The Bertz CT molecular complexity index is 272. The molecule has 19 heavy (non-hydrogen) atoms. The molecule has 0 aromatic heterocycles. The van der Waals surface area contributed by atoms with Gasteiger partial charge in [0.15, 0.2) is 0 Å². The molecule has 0 heterocycles. The highest BCUT2D eigenvalue weighted by molar-refractivity contribution is 5.04. The van der Waals surface area contributed by atoms with E-state index in [-0.39, 0.29) is 0 Å². The minimum Gasteiger partial charge on any atom is -0.0648 e. The van der Waals surface area contributed by atoms with Gasteiger partial charge in [0.25, 0.3) is 0 Å². The molecule has 0 unspecified atom stereocenters. The van der Waals surface area contributed by atoms with Crippen LogP contribution in [-0.2, 0) is 0 Å². The summed E-state index contributed by atoms with van der Waals surface area (Å²) in [6.45, 7) is 2.52. The molecule has 0 nitrogen and oxygen atoms in total. The molecule has 0 spiro atoms. The lowest BCUT2D eigenvalue weighted by Gasteiger charge is -2.56. The van der Waals surface area contributed by atoms with Gasteiger partial charge in [-0.2, -0.15) is 0 Å². The fourth-order valence-corrected chi connectivity index (χ4v) is 6.46. The molecule has 110 valence electrons. The van der Waals surface area contributed by atoms with Crippen molar-refractivity contribution in [2.75, 3.05) is 0 Å². The summed E-state index contributed by atoms with van der Waals surface area (Å²) in [5.41, 5.74) is 1.53. The molecule has 3 rings (SSSR count). The molecule has 3 saturated carbocycles. The first-order valence-electron chi connectivity index (χ1n) is 9.33. The van der Waals surface area contributed by atoms with Gasteiger partial charge < -0.3 is 0 Å². The van der Waals surface area contributed by atoms with Crippen LogP contribution in [0.2, 0.25) is 0 Å². The number of rotatable bonds is 3. The molecular weight excluding hydrogens is 228 g/mol. The topological polar surface area (TPSA) is 0 Å². The first kappa shape index (κ1) is 14.0. The van der Waals surface area contributed by atoms with Crippen molar-refractivity contribution in [3.8, 4) is 0 Å². The fraction of sp³-hybridized carbons (Fsp3) is 1.00.